The van der Waals surface area contributed by atoms with Crippen molar-refractivity contribution in [2.24, 2.45) is 53.1 Å². The van der Waals surface area contributed by atoms with Gasteiger partial charge in [0.1, 0.15) is 5.76 Å². The van der Waals surface area contributed by atoms with Gasteiger partial charge in [-0.15, -0.1) is 0 Å². The van der Waals surface area contributed by atoms with Crippen molar-refractivity contribution >= 4 is 90.6 Å². The standard InChI is InChI=1S/C36H40N2O2.C29H25NO2.C21H17NO3.C20H15BrN2O2/c1-7-23-17-21(5)18-24(8-2)33(23)37-29-15-16-30(38-34-25(9-3)19-22(6)20-26(34)10-4)32-31(29)35(39)27-13-11-12-14-28(27)36(32)40;1-18-9-13-20(14-10-18)17-21-5-3-6-23-26(21)29(32)27-24(28(23)31)7-4-8-25(27)30-22-15-11-19(2)12-16-22;1-12-6-8-13(9-7-12)22-16-10-11-17(23)19-18(16)20(24)14-4-2-3-5-15(14)21(19)25;21-14-10-15(23-11-6-2-1-3-7-11)16-17(18(14)22)20(25)13-9-5-4-8-12(13)19(16)24/h11-20,31-32,37-38H,7-10H2,1-6H3;3-16,24,27,30H,17H2,1-2H3;2-11,18-19,22-23H,1H3;1-10,16-17,23H,22H2. The number of nitrogens with two attached hydrogens (primary N) is 1. The van der Waals surface area contributed by atoms with E-state index in [1.807, 2.05) is 147 Å². The molecule has 612 valence electrons. The van der Waals surface area contributed by atoms with Crippen molar-refractivity contribution in [1.82, 2.24) is 0 Å². The van der Waals surface area contributed by atoms with Crippen LogP contribution in [-0.2, 0) is 32.1 Å². The molecule has 10 aromatic rings. The largest absolute Gasteiger partial charge is 0.512 e. The first-order chi connectivity index (χ1) is 58.9. The lowest BCUT2D eigenvalue weighted by Crippen LogP contribution is -2.43. The molecule has 15 nitrogen and oxygen atoms in total. The molecule has 8 atom stereocenters. The molecule has 8 aliphatic carbocycles. The minimum Gasteiger partial charge on any atom is -0.512 e. The molecular formula is C106H97BrN6O9. The van der Waals surface area contributed by atoms with E-state index in [2.05, 4.69) is 140 Å². The number of ketones is 8. The molecule has 122 heavy (non-hydrogen) atoms. The van der Waals surface area contributed by atoms with E-state index in [1.54, 1.807) is 78.9 Å². The molecule has 0 spiro atoms. The summed E-state index contributed by atoms with van der Waals surface area (Å²) < 4.78 is 0.632. The Kier molecular flexibility index (Phi) is 24.6. The number of nitrogens with one attached hydrogen (secondary N) is 5. The fourth-order valence-corrected chi connectivity index (χ4v) is 18.5. The number of fused-ring (bicyclic) bond motifs is 8. The average molecular weight is 1680 g/mol. The van der Waals surface area contributed by atoms with Gasteiger partial charge in [-0.3, -0.25) is 38.4 Å². The van der Waals surface area contributed by atoms with Gasteiger partial charge in [0.15, 0.2) is 46.3 Å². The average Bonchev–Trinajstić information content (AvgIpc) is 0.750. The normalized spacial score (nSPS) is 20.0. The van der Waals surface area contributed by atoms with Gasteiger partial charge in [-0.2, -0.15) is 0 Å². The Morgan fingerprint density at radius 1 is 0.328 bits per heavy atom. The van der Waals surface area contributed by atoms with Crippen LogP contribution < -0.4 is 32.3 Å². The van der Waals surface area contributed by atoms with Crippen LogP contribution in [0.3, 0.4) is 0 Å². The molecule has 0 aliphatic heterocycles. The number of Topliss-reactive ketones (excluding diaryl/α,β-unsaturated/α-hetero) is 8. The van der Waals surface area contributed by atoms with Gasteiger partial charge < -0.3 is 37.4 Å². The van der Waals surface area contributed by atoms with E-state index in [0.29, 0.717) is 72.5 Å². The van der Waals surface area contributed by atoms with E-state index < -0.39 is 47.3 Å². The van der Waals surface area contributed by atoms with E-state index in [0.717, 1.165) is 87.9 Å². The van der Waals surface area contributed by atoms with Gasteiger partial charge in [0.2, 0.25) is 0 Å². The Morgan fingerprint density at radius 2 is 0.680 bits per heavy atom. The maximum Gasteiger partial charge on any atom is 0.175 e. The topological polar surface area (TPSA) is 243 Å². The van der Waals surface area contributed by atoms with E-state index >= 15 is 0 Å². The number of aliphatic hydroxyl groups is 1. The van der Waals surface area contributed by atoms with E-state index in [-0.39, 0.29) is 52.0 Å². The Labute approximate surface area is 720 Å². The van der Waals surface area contributed by atoms with Crippen LogP contribution in [0.5, 0.6) is 0 Å². The van der Waals surface area contributed by atoms with Gasteiger partial charge >= 0.3 is 0 Å². The number of carbonyl (C=O) groups is 8. The summed E-state index contributed by atoms with van der Waals surface area (Å²) in [4.78, 5) is 108. The quantitative estimate of drug-likeness (QED) is 0.0476. The molecule has 8 N–H and O–H groups in total. The molecule has 8 unspecified atom stereocenters. The molecule has 0 amide bonds. The van der Waals surface area contributed by atoms with Gasteiger partial charge in [-0.25, -0.2) is 0 Å². The first-order valence-electron chi connectivity index (χ1n) is 41.8. The van der Waals surface area contributed by atoms with Crippen molar-refractivity contribution in [2.75, 3.05) is 26.6 Å². The molecule has 0 saturated carbocycles. The summed E-state index contributed by atoms with van der Waals surface area (Å²) in [6.07, 6.45) is 18.8. The third-order valence-electron chi connectivity index (χ3n) is 24.2. The first-order valence-corrected chi connectivity index (χ1v) is 42.6. The zero-order valence-corrected chi connectivity index (χ0v) is 71.3. The fourth-order valence-electron chi connectivity index (χ4n) is 18.0. The van der Waals surface area contributed by atoms with Crippen molar-refractivity contribution in [3.05, 3.63) is 417 Å². The number of halogens is 1. The van der Waals surface area contributed by atoms with E-state index in [4.69, 9.17) is 5.73 Å². The van der Waals surface area contributed by atoms with Gasteiger partial charge in [-0.05, 0) is 189 Å². The highest BCUT2D eigenvalue weighted by Crippen LogP contribution is 2.48. The third-order valence-corrected chi connectivity index (χ3v) is 24.9. The molecule has 0 saturated heterocycles. The summed E-state index contributed by atoms with van der Waals surface area (Å²) in [5.74, 6) is -5.76. The van der Waals surface area contributed by atoms with E-state index in [1.165, 1.54) is 50.6 Å². The Hall–Kier alpha value is -13.4. The minimum absolute atomic E-state index is 0.00936. The summed E-state index contributed by atoms with van der Waals surface area (Å²) >= 11 is 3.43. The number of anilines is 5. The zero-order valence-electron chi connectivity index (χ0n) is 69.7. The summed E-state index contributed by atoms with van der Waals surface area (Å²) in [6.45, 7) is 19.0. The molecule has 0 radical (unpaired) electrons. The SMILES string of the molecule is CCc1cc(C)cc(CC)c1NC1=CC=C(Nc2c(CC)cc(C)cc2CC)C2C(=O)c3ccccc3C(=O)C12.Cc1ccc(Cc2cccc3c2C(=O)C2C(Nc4ccc(C)cc4)=CC=CC2C3=O)cc1.Cc1ccc(NC2=CC=C(O)C3C(=O)c4ccccc4C(=O)C23)cc1.NC1=C(Br)C=C(Nc2ccccc2)C2C(=O)c3ccccc3C(=O)C12. The molecule has 8 aliphatic rings. The van der Waals surface area contributed by atoms with Gasteiger partial charge in [0.25, 0.3) is 0 Å². The zero-order chi connectivity index (χ0) is 85.9. The number of rotatable bonds is 16. The number of para-hydroxylation sites is 1. The van der Waals surface area contributed by atoms with Crippen LogP contribution in [0.25, 0.3) is 0 Å². The number of benzene rings is 10. The first kappa shape index (κ1) is 83.6. The second-order valence-electron chi connectivity index (χ2n) is 32.3. The summed E-state index contributed by atoms with van der Waals surface area (Å²) in [5.41, 5.74) is 31.7. The Balaban J connectivity index is 0.000000129. The summed E-state index contributed by atoms with van der Waals surface area (Å²) in [7, 11) is 0. The smallest absolute Gasteiger partial charge is 0.175 e. The number of hydrogen-bond acceptors (Lipinski definition) is 15. The highest BCUT2D eigenvalue weighted by Gasteiger charge is 2.51. The molecule has 0 fully saturated rings. The molecule has 16 heteroatoms. The van der Waals surface area contributed by atoms with Gasteiger partial charge in [0.05, 0.1) is 47.3 Å². The second kappa shape index (κ2) is 35.9. The molecule has 10 aromatic carbocycles. The third kappa shape index (κ3) is 16.6. The van der Waals surface area contributed by atoms with Crippen LogP contribution in [-0.4, -0.2) is 51.4 Å². The Morgan fingerprint density at radius 3 is 1.12 bits per heavy atom. The number of aryl methyl sites for hydroxylation is 9. The van der Waals surface area contributed by atoms with Crippen LogP contribution in [0.2, 0.25) is 0 Å². The number of hydrogen-bond donors (Lipinski definition) is 7. The molecule has 18 rings (SSSR count). The van der Waals surface area contributed by atoms with E-state index in [9.17, 15) is 43.5 Å². The van der Waals surface area contributed by atoms with Crippen molar-refractivity contribution in [2.45, 2.75) is 94.4 Å². The monoisotopic (exact) mass is 1680 g/mol. The van der Waals surface area contributed by atoms with Crippen molar-refractivity contribution < 1.29 is 43.5 Å². The highest BCUT2D eigenvalue weighted by molar-refractivity contribution is 9.11. The summed E-state index contributed by atoms with van der Waals surface area (Å²) in [5, 5.41) is 27.5. The van der Waals surface area contributed by atoms with Gasteiger partial charge in [0, 0.05) is 112 Å². The molecule has 0 heterocycles. The maximum atomic E-state index is 14.2. The minimum atomic E-state index is -0.861. The lowest BCUT2D eigenvalue weighted by molar-refractivity contribution is 0.0750. The van der Waals surface area contributed by atoms with Crippen LogP contribution in [0.1, 0.15) is 172 Å². The lowest BCUT2D eigenvalue weighted by atomic mass is 9.69. The maximum absolute atomic E-state index is 14.2. The van der Waals surface area contributed by atoms with Crippen LogP contribution in [0, 0.1) is 82.0 Å². The Bertz CT molecular complexity index is 6030. The second-order valence-corrected chi connectivity index (χ2v) is 33.2. The van der Waals surface area contributed by atoms with Crippen LogP contribution in [0.4, 0.5) is 28.4 Å². The summed E-state index contributed by atoms with van der Waals surface area (Å²) in [6, 6.07) is 69.2. The lowest BCUT2D eigenvalue weighted by Gasteiger charge is -2.37. The van der Waals surface area contributed by atoms with Crippen molar-refractivity contribution in [1.29, 1.82) is 0 Å². The molecular weight excluding hydrogens is 1580 g/mol. The predicted octanol–water partition coefficient (Wildman–Crippen LogP) is 22.2. The van der Waals surface area contributed by atoms with Crippen molar-refractivity contribution in [3.8, 4) is 0 Å². The number of aliphatic hydroxyl groups excluding tert-OH is 1. The van der Waals surface area contributed by atoms with Crippen molar-refractivity contribution in [3.63, 3.8) is 0 Å². The highest BCUT2D eigenvalue weighted by atomic mass is 79.9. The van der Waals surface area contributed by atoms with Crippen LogP contribution in [0.15, 0.2) is 311 Å². The fraction of sp³-hybridized carbons (Fsp3) is 0.208. The molecule has 0 aromatic heterocycles. The number of allylic oxidation sites excluding steroid dienone is 16. The molecule has 0 bridgehead atoms. The van der Waals surface area contributed by atoms with Crippen LogP contribution >= 0.6 is 15.9 Å². The van der Waals surface area contributed by atoms with Gasteiger partial charge in [-0.1, -0.05) is 250 Å². The number of carbonyl (C=O) groups excluding carboxylic acids is 8. The predicted molar refractivity (Wildman–Crippen MR) is 490 cm³/mol.